The van der Waals surface area contributed by atoms with Crippen LogP contribution in [0.1, 0.15) is 43.0 Å². The quantitative estimate of drug-likeness (QED) is 0.202. The van der Waals surface area contributed by atoms with Crippen LogP contribution in [0.2, 0.25) is 0 Å². The molecule has 1 aliphatic heterocycles. The summed E-state index contributed by atoms with van der Waals surface area (Å²) in [5, 5.41) is 11.2. The number of hydrogen-bond acceptors (Lipinski definition) is 6. The van der Waals surface area contributed by atoms with Gasteiger partial charge in [-0.25, -0.2) is 14.5 Å². The summed E-state index contributed by atoms with van der Waals surface area (Å²) in [5.74, 6) is 0.306. The van der Waals surface area contributed by atoms with Crippen LogP contribution in [0.4, 0.5) is 11.6 Å². The molecule has 4 heterocycles. The number of aromatic nitrogens is 4. The van der Waals surface area contributed by atoms with Crippen molar-refractivity contribution >= 4 is 29.0 Å². The molecule has 1 atom stereocenters. The first kappa shape index (κ1) is 28.8. The van der Waals surface area contributed by atoms with Crippen molar-refractivity contribution in [1.82, 2.24) is 24.5 Å². The van der Waals surface area contributed by atoms with Crippen molar-refractivity contribution in [3.63, 3.8) is 0 Å². The highest BCUT2D eigenvalue weighted by atomic mass is 16.2. The average Bonchev–Trinajstić information content (AvgIpc) is 3.30. The summed E-state index contributed by atoms with van der Waals surface area (Å²) in [6, 6.07) is 25.1. The molecule has 6 rings (SSSR count). The maximum Gasteiger partial charge on any atom is 0.253 e. The lowest BCUT2D eigenvalue weighted by Crippen LogP contribution is -2.39. The predicted octanol–water partition coefficient (Wildman–Crippen LogP) is 6.47. The predicted molar refractivity (Wildman–Crippen MR) is 173 cm³/mol. The van der Waals surface area contributed by atoms with Gasteiger partial charge in [0.1, 0.15) is 5.69 Å². The SMILES string of the molecule is CC/C=C/C(=O)Nc1ccc(C(=O)N2CCCCC(Nc3nccc(-c4c(-c5ccccc5)nn5ccccc45)n3)C2)cc1. The van der Waals surface area contributed by atoms with Gasteiger partial charge in [0, 0.05) is 48.3 Å². The summed E-state index contributed by atoms with van der Waals surface area (Å²) < 4.78 is 1.88. The van der Waals surface area contributed by atoms with Gasteiger partial charge in [0.25, 0.3) is 5.91 Å². The molecule has 222 valence electrons. The number of nitrogens with zero attached hydrogens (tertiary/aromatic N) is 5. The van der Waals surface area contributed by atoms with E-state index >= 15 is 0 Å². The number of nitrogens with one attached hydrogen (secondary N) is 2. The number of allylic oxidation sites excluding steroid dienone is 1. The van der Waals surface area contributed by atoms with Crippen LogP contribution in [-0.2, 0) is 4.79 Å². The number of anilines is 2. The van der Waals surface area contributed by atoms with Gasteiger partial charge in [0.15, 0.2) is 0 Å². The van der Waals surface area contributed by atoms with E-state index in [2.05, 4.69) is 27.8 Å². The molecule has 2 amide bonds. The molecule has 0 spiro atoms. The Morgan fingerprint density at radius 2 is 1.80 bits per heavy atom. The summed E-state index contributed by atoms with van der Waals surface area (Å²) in [7, 11) is 0. The highest BCUT2D eigenvalue weighted by Crippen LogP contribution is 2.34. The molecule has 3 aromatic heterocycles. The summed E-state index contributed by atoms with van der Waals surface area (Å²) in [4.78, 5) is 36.9. The number of carbonyl (C=O) groups excluding carboxylic acids is 2. The van der Waals surface area contributed by atoms with E-state index in [4.69, 9.17) is 10.1 Å². The Morgan fingerprint density at radius 1 is 0.977 bits per heavy atom. The van der Waals surface area contributed by atoms with E-state index in [1.165, 1.54) is 6.08 Å². The van der Waals surface area contributed by atoms with Crippen LogP contribution in [0.15, 0.2) is 103 Å². The van der Waals surface area contributed by atoms with Crippen molar-refractivity contribution in [2.24, 2.45) is 0 Å². The Bertz CT molecular complexity index is 1780. The Kier molecular flexibility index (Phi) is 8.72. The van der Waals surface area contributed by atoms with Gasteiger partial charge in [-0.1, -0.05) is 49.4 Å². The third-order valence-corrected chi connectivity index (χ3v) is 7.70. The van der Waals surface area contributed by atoms with Gasteiger partial charge in [-0.2, -0.15) is 5.10 Å². The molecule has 0 aliphatic carbocycles. The number of rotatable bonds is 8. The number of amides is 2. The molecule has 1 aliphatic rings. The third-order valence-electron chi connectivity index (χ3n) is 7.70. The summed E-state index contributed by atoms with van der Waals surface area (Å²) in [6.07, 6.45) is 10.6. The summed E-state index contributed by atoms with van der Waals surface area (Å²) >= 11 is 0. The highest BCUT2D eigenvalue weighted by Gasteiger charge is 2.24. The zero-order valence-electron chi connectivity index (χ0n) is 24.7. The zero-order valence-corrected chi connectivity index (χ0v) is 24.7. The van der Waals surface area contributed by atoms with Crippen molar-refractivity contribution < 1.29 is 9.59 Å². The van der Waals surface area contributed by atoms with E-state index in [9.17, 15) is 9.59 Å². The third kappa shape index (κ3) is 6.52. The van der Waals surface area contributed by atoms with Gasteiger partial charge >= 0.3 is 0 Å². The van der Waals surface area contributed by atoms with Crippen molar-refractivity contribution in [2.75, 3.05) is 23.7 Å². The van der Waals surface area contributed by atoms with Crippen molar-refractivity contribution in [2.45, 2.75) is 38.6 Å². The Hall–Kier alpha value is -5.31. The molecule has 1 fully saturated rings. The highest BCUT2D eigenvalue weighted by molar-refractivity contribution is 6.00. The first-order chi connectivity index (χ1) is 21.6. The van der Waals surface area contributed by atoms with E-state index in [1.54, 1.807) is 36.5 Å². The number of fused-ring (bicyclic) bond motifs is 1. The molecule has 2 N–H and O–H groups in total. The van der Waals surface area contributed by atoms with Crippen molar-refractivity contribution in [1.29, 1.82) is 0 Å². The average molecular weight is 586 g/mol. The molecule has 1 unspecified atom stereocenters. The van der Waals surface area contributed by atoms with E-state index < -0.39 is 0 Å². The lowest BCUT2D eigenvalue weighted by Gasteiger charge is -2.25. The molecular formula is C35H35N7O2. The Morgan fingerprint density at radius 3 is 2.61 bits per heavy atom. The lowest BCUT2D eigenvalue weighted by molar-refractivity contribution is -0.111. The molecular weight excluding hydrogens is 550 g/mol. The minimum absolute atomic E-state index is 0.00175. The van der Waals surface area contributed by atoms with Gasteiger partial charge in [-0.15, -0.1) is 0 Å². The topological polar surface area (TPSA) is 105 Å². The van der Waals surface area contributed by atoms with Crippen LogP contribution in [-0.4, -0.2) is 55.4 Å². The number of likely N-dealkylation sites (tertiary alicyclic amines) is 1. The maximum atomic E-state index is 13.5. The second kappa shape index (κ2) is 13.3. The fraction of sp³-hybridized carbons (Fsp3) is 0.229. The number of hydrogen-bond donors (Lipinski definition) is 2. The van der Waals surface area contributed by atoms with Crippen LogP contribution in [0.25, 0.3) is 28.0 Å². The molecule has 9 nitrogen and oxygen atoms in total. The first-order valence-electron chi connectivity index (χ1n) is 15.1. The smallest absolute Gasteiger partial charge is 0.253 e. The first-order valence-corrected chi connectivity index (χ1v) is 15.1. The van der Waals surface area contributed by atoms with Gasteiger partial charge < -0.3 is 15.5 Å². The van der Waals surface area contributed by atoms with Gasteiger partial charge in [-0.05, 0) is 74.2 Å². The fourth-order valence-corrected chi connectivity index (χ4v) is 5.53. The van der Waals surface area contributed by atoms with Crippen molar-refractivity contribution in [3.05, 3.63) is 109 Å². The molecule has 9 heteroatoms. The van der Waals surface area contributed by atoms with Crippen LogP contribution in [0.5, 0.6) is 0 Å². The van der Waals surface area contributed by atoms with E-state index in [0.717, 1.165) is 53.7 Å². The zero-order chi connectivity index (χ0) is 30.3. The molecule has 1 saturated heterocycles. The molecule has 0 bridgehead atoms. The van der Waals surface area contributed by atoms with E-state index in [1.807, 2.05) is 65.0 Å². The molecule has 5 aromatic rings. The molecule has 2 aromatic carbocycles. The Balaban J connectivity index is 1.19. The standard InChI is InChI=1S/C35H35N7O2/c1-2-3-15-31(43)37-27-18-16-26(17-19-27)34(44)41-22-9-7-13-28(24-41)38-35-36-21-20-29(39-35)32-30-14-8-10-23-42(30)40-33(32)25-11-5-4-6-12-25/h3-6,8,10-12,14-21,23,28H,2,7,9,13,22,24H2,1H3,(H,37,43)(H,36,38,39)/b15-3+. The lowest BCUT2D eigenvalue weighted by atomic mass is 10.0. The van der Waals surface area contributed by atoms with E-state index in [-0.39, 0.29) is 17.9 Å². The molecule has 0 saturated carbocycles. The number of benzene rings is 2. The van der Waals surface area contributed by atoms with Crippen LogP contribution >= 0.6 is 0 Å². The minimum Gasteiger partial charge on any atom is -0.350 e. The largest absolute Gasteiger partial charge is 0.350 e. The van der Waals surface area contributed by atoms with Crippen LogP contribution < -0.4 is 10.6 Å². The summed E-state index contributed by atoms with van der Waals surface area (Å²) in [5.41, 5.74) is 5.80. The van der Waals surface area contributed by atoms with E-state index in [0.29, 0.717) is 30.3 Å². The second-order valence-electron chi connectivity index (χ2n) is 10.9. The molecule has 44 heavy (non-hydrogen) atoms. The Labute approximate surface area is 256 Å². The van der Waals surface area contributed by atoms with Gasteiger partial charge in [0.05, 0.1) is 16.8 Å². The summed E-state index contributed by atoms with van der Waals surface area (Å²) in [6.45, 7) is 3.20. The number of pyridine rings is 1. The monoisotopic (exact) mass is 585 g/mol. The number of carbonyl (C=O) groups is 2. The van der Waals surface area contributed by atoms with Crippen molar-refractivity contribution in [3.8, 4) is 22.5 Å². The molecule has 0 radical (unpaired) electrons. The van der Waals surface area contributed by atoms with Crippen LogP contribution in [0, 0.1) is 0 Å². The second-order valence-corrected chi connectivity index (χ2v) is 10.9. The maximum absolute atomic E-state index is 13.5. The fourth-order valence-electron chi connectivity index (χ4n) is 5.53. The van der Waals surface area contributed by atoms with Gasteiger partial charge in [-0.3, -0.25) is 9.59 Å². The van der Waals surface area contributed by atoms with Gasteiger partial charge in [0.2, 0.25) is 11.9 Å². The minimum atomic E-state index is -0.184. The van der Waals surface area contributed by atoms with Crippen LogP contribution in [0.3, 0.4) is 0 Å². The normalized spacial score (nSPS) is 15.3.